The van der Waals surface area contributed by atoms with E-state index in [2.05, 4.69) is 0 Å². The van der Waals surface area contributed by atoms with Crippen LogP contribution in [0.5, 0.6) is 5.75 Å². The Labute approximate surface area is 111 Å². The summed E-state index contributed by atoms with van der Waals surface area (Å²) in [7, 11) is 1.60. The van der Waals surface area contributed by atoms with Crippen LogP contribution in [0.25, 0.3) is 0 Å². The predicted molar refractivity (Wildman–Crippen MR) is 69.1 cm³/mol. The highest BCUT2D eigenvalue weighted by atomic mass is 35.5. The quantitative estimate of drug-likeness (QED) is 0.862. The third-order valence-electron chi connectivity index (χ3n) is 3.02. The number of nitrogens with zero attached hydrogens (tertiary/aromatic N) is 1. The average molecular weight is 270 g/mol. The maximum absolute atomic E-state index is 10.9. The first-order valence-electron chi connectivity index (χ1n) is 5.88. The van der Waals surface area contributed by atoms with Crippen molar-refractivity contribution in [3.05, 3.63) is 28.8 Å². The average Bonchev–Trinajstić information content (AvgIpc) is 3.11. The summed E-state index contributed by atoms with van der Waals surface area (Å²) in [6.07, 6.45) is 2.13. The molecule has 0 bridgehead atoms. The van der Waals surface area contributed by atoms with Crippen molar-refractivity contribution >= 4 is 17.6 Å². The van der Waals surface area contributed by atoms with E-state index in [4.69, 9.17) is 21.4 Å². The number of hydrogen-bond acceptors (Lipinski definition) is 3. The fourth-order valence-electron chi connectivity index (χ4n) is 2.02. The number of halogens is 1. The summed E-state index contributed by atoms with van der Waals surface area (Å²) in [5, 5.41) is 9.56. The van der Waals surface area contributed by atoms with Gasteiger partial charge in [0, 0.05) is 23.2 Å². The van der Waals surface area contributed by atoms with Crippen molar-refractivity contribution in [2.45, 2.75) is 25.4 Å². The molecule has 0 amide bonds. The van der Waals surface area contributed by atoms with Gasteiger partial charge in [-0.25, -0.2) is 0 Å². The largest absolute Gasteiger partial charge is 0.496 e. The van der Waals surface area contributed by atoms with Gasteiger partial charge >= 0.3 is 5.97 Å². The molecule has 1 fully saturated rings. The number of rotatable bonds is 6. The molecule has 0 unspecified atom stereocenters. The lowest BCUT2D eigenvalue weighted by atomic mass is 10.2. The Balaban J connectivity index is 2.14. The van der Waals surface area contributed by atoms with Crippen LogP contribution in [0.2, 0.25) is 5.02 Å². The van der Waals surface area contributed by atoms with Crippen LogP contribution in [-0.4, -0.2) is 35.7 Å². The second-order valence-corrected chi connectivity index (χ2v) is 4.92. The van der Waals surface area contributed by atoms with Gasteiger partial charge in [-0.3, -0.25) is 9.69 Å². The van der Waals surface area contributed by atoms with Gasteiger partial charge in [0.2, 0.25) is 0 Å². The highest BCUT2D eigenvalue weighted by Crippen LogP contribution is 2.31. The summed E-state index contributed by atoms with van der Waals surface area (Å²) in [4.78, 5) is 12.8. The van der Waals surface area contributed by atoms with Crippen molar-refractivity contribution in [1.82, 2.24) is 4.90 Å². The Hall–Kier alpha value is -1.26. The summed E-state index contributed by atoms with van der Waals surface area (Å²) < 4.78 is 5.27. The minimum absolute atomic E-state index is 0.0559. The van der Waals surface area contributed by atoms with Gasteiger partial charge in [-0.2, -0.15) is 0 Å². The molecular weight excluding hydrogens is 254 g/mol. The lowest BCUT2D eigenvalue weighted by Crippen LogP contribution is -2.31. The number of benzene rings is 1. The number of carboxylic acid groups (broad SMARTS) is 1. The van der Waals surface area contributed by atoms with E-state index in [1.807, 2.05) is 17.0 Å². The summed E-state index contributed by atoms with van der Waals surface area (Å²) in [5.74, 6) is -0.0571. The number of carbonyl (C=O) groups is 1. The lowest BCUT2D eigenvalue weighted by Gasteiger charge is -2.21. The summed E-state index contributed by atoms with van der Waals surface area (Å²) in [5.41, 5.74) is 0.929. The van der Waals surface area contributed by atoms with E-state index in [0.29, 0.717) is 17.6 Å². The SMILES string of the molecule is COc1ccc(Cl)cc1CN(CC(=O)O)C1CC1. The highest BCUT2D eigenvalue weighted by molar-refractivity contribution is 6.30. The molecule has 0 heterocycles. The molecule has 4 nitrogen and oxygen atoms in total. The van der Waals surface area contributed by atoms with E-state index in [9.17, 15) is 4.79 Å². The Bertz CT molecular complexity index is 446. The zero-order valence-corrected chi connectivity index (χ0v) is 11.0. The van der Waals surface area contributed by atoms with Gasteiger partial charge < -0.3 is 9.84 Å². The monoisotopic (exact) mass is 269 g/mol. The Morgan fingerprint density at radius 3 is 2.83 bits per heavy atom. The molecule has 0 aromatic heterocycles. The molecule has 1 aliphatic carbocycles. The van der Waals surface area contributed by atoms with E-state index >= 15 is 0 Å². The smallest absolute Gasteiger partial charge is 0.317 e. The number of ether oxygens (including phenoxy) is 1. The first-order valence-corrected chi connectivity index (χ1v) is 6.26. The molecule has 5 heteroatoms. The first-order chi connectivity index (χ1) is 8.60. The number of hydrogen-bond donors (Lipinski definition) is 1. The zero-order chi connectivity index (χ0) is 13.1. The minimum Gasteiger partial charge on any atom is -0.496 e. The van der Waals surface area contributed by atoms with Gasteiger partial charge in [0.15, 0.2) is 0 Å². The molecule has 0 saturated heterocycles. The molecule has 1 aromatic rings. The molecule has 18 heavy (non-hydrogen) atoms. The zero-order valence-electron chi connectivity index (χ0n) is 10.2. The second-order valence-electron chi connectivity index (χ2n) is 4.49. The van der Waals surface area contributed by atoms with Crippen molar-refractivity contribution in [2.75, 3.05) is 13.7 Å². The Morgan fingerprint density at radius 1 is 1.56 bits per heavy atom. The Morgan fingerprint density at radius 2 is 2.28 bits per heavy atom. The molecular formula is C13H16ClNO3. The van der Waals surface area contributed by atoms with Crippen LogP contribution >= 0.6 is 11.6 Å². The van der Waals surface area contributed by atoms with Crippen LogP contribution in [0.15, 0.2) is 18.2 Å². The van der Waals surface area contributed by atoms with Crippen LogP contribution in [-0.2, 0) is 11.3 Å². The van der Waals surface area contributed by atoms with Gasteiger partial charge in [0.1, 0.15) is 5.75 Å². The summed E-state index contributed by atoms with van der Waals surface area (Å²) in [6, 6.07) is 5.79. The highest BCUT2D eigenvalue weighted by Gasteiger charge is 2.30. The molecule has 0 radical (unpaired) electrons. The molecule has 0 spiro atoms. The maximum atomic E-state index is 10.9. The van der Waals surface area contributed by atoms with Crippen LogP contribution in [0.4, 0.5) is 0 Å². The molecule has 0 atom stereocenters. The molecule has 0 aliphatic heterocycles. The second kappa shape index (κ2) is 5.59. The third kappa shape index (κ3) is 3.37. The fourth-order valence-corrected chi connectivity index (χ4v) is 2.21. The van der Waals surface area contributed by atoms with Crippen LogP contribution in [0, 0.1) is 0 Å². The molecule has 1 N–H and O–H groups in total. The van der Waals surface area contributed by atoms with Crippen LogP contribution in [0.3, 0.4) is 0 Å². The van der Waals surface area contributed by atoms with Crippen molar-refractivity contribution < 1.29 is 14.6 Å². The standard InChI is InChI=1S/C13H16ClNO3/c1-18-12-5-2-10(14)6-9(12)7-15(8-13(16)17)11-3-4-11/h2,5-6,11H,3-4,7-8H2,1H3,(H,16,17). The summed E-state index contributed by atoms with van der Waals surface area (Å²) in [6.45, 7) is 0.612. The van der Waals surface area contributed by atoms with Crippen LogP contribution < -0.4 is 4.74 Å². The van der Waals surface area contributed by atoms with Gasteiger partial charge in [-0.05, 0) is 31.0 Å². The van der Waals surface area contributed by atoms with E-state index in [0.717, 1.165) is 24.2 Å². The van der Waals surface area contributed by atoms with Gasteiger partial charge in [-0.15, -0.1) is 0 Å². The van der Waals surface area contributed by atoms with Crippen molar-refractivity contribution in [1.29, 1.82) is 0 Å². The maximum Gasteiger partial charge on any atom is 0.317 e. The molecule has 1 aromatic carbocycles. The Kier molecular flexibility index (Phi) is 4.09. The van der Waals surface area contributed by atoms with Crippen molar-refractivity contribution in [3.63, 3.8) is 0 Å². The molecule has 1 saturated carbocycles. The van der Waals surface area contributed by atoms with E-state index < -0.39 is 5.97 Å². The van der Waals surface area contributed by atoms with E-state index in [1.54, 1.807) is 13.2 Å². The normalized spacial score (nSPS) is 14.8. The van der Waals surface area contributed by atoms with Gasteiger partial charge in [0.05, 0.1) is 13.7 Å². The third-order valence-corrected chi connectivity index (χ3v) is 3.25. The summed E-state index contributed by atoms with van der Waals surface area (Å²) >= 11 is 5.97. The number of aliphatic carboxylic acids is 1. The molecule has 98 valence electrons. The predicted octanol–water partition coefficient (Wildman–Crippen LogP) is 2.40. The molecule has 1 aliphatic rings. The fraction of sp³-hybridized carbons (Fsp3) is 0.462. The van der Waals surface area contributed by atoms with E-state index in [-0.39, 0.29) is 6.54 Å². The van der Waals surface area contributed by atoms with Gasteiger partial charge in [-0.1, -0.05) is 11.6 Å². The lowest BCUT2D eigenvalue weighted by molar-refractivity contribution is -0.138. The molecule has 2 rings (SSSR count). The van der Waals surface area contributed by atoms with Crippen LogP contribution in [0.1, 0.15) is 18.4 Å². The minimum atomic E-state index is -0.803. The van der Waals surface area contributed by atoms with E-state index in [1.165, 1.54) is 0 Å². The van der Waals surface area contributed by atoms with Crippen molar-refractivity contribution in [3.8, 4) is 5.75 Å². The van der Waals surface area contributed by atoms with Gasteiger partial charge in [0.25, 0.3) is 0 Å². The number of methoxy groups -OCH3 is 1. The van der Waals surface area contributed by atoms with Crippen molar-refractivity contribution in [2.24, 2.45) is 0 Å². The first kappa shape index (κ1) is 13.2. The number of carboxylic acids is 1. The topological polar surface area (TPSA) is 49.8 Å².